The van der Waals surface area contributed by atoms with Crippen molar-refractivity contribution in [2.24, 2.45) is 0 Å². The molecule has 0 spiro atoms. The van der Waals surface area contributed by atoms with Crippen LogP contribution in [0.2, 0.25) is 0 Å². The lowest BCUT2D eigenvalue weighted by molar-refractivity contribution is 0.163. The van der Waals surface area contributed by atoms with Gasteiger partial charge in [-0.1, -0.05) is 6.07 Å². The van der Waals surface area contributed by atoms with Crippen molar-refractivity contribution < 1.29 is 14.6 Å². The molecule has 17 heavy (non-hydrogen) atoms. The SMILES string of the molecule is OC(CNC1CC1)c1ccc2c(c1)OCCO2. The van der Waals surface area contributed by atoms with Gasteiger partial charge in [-0.05, 0) is 30.5 Å². The molecule has 1 aliphatic heterocycles. The fourth-order valence-electron chi connectivity index (χ4n) is 1.95. The molecule has 4 nitrogen and oxygen atoms in total. The van der Waals surface area contributed by atoms with E-state index in [2.05, 4.69) is 5.32 Å². The van der Waals surface area contributed by atoms with Crippen LogP contribution in [0.5, 0.6) is 11.5 Å². The largest absolute Gasteiger partial charge is 0.486 e. The first kappa shape index (κ1) is 10.9. The van der Waals surface area contributed by atoms with Gasteiger partial charge in [0, 0.05) is 12.6 Å². The van der Waals surface area contributed by atoms with Crippen molar-refractivity contribution >= 4 is 0 Å². The normalized spacial score (nSPS) is 20.1. The molecule has 1 atom stereocenters. The first-order valence-corrected chi connectivity index (χ1v) is 6.14. The molecule has 1 heterocycles. The van der Waals surface area contributed by atoms with E-state index in [4.69, 9.17) is 9.47 Å². The zero-order valence-corrected chi connectivity index (χ0v) is 9.69. The maximum absolute atomic E-state index is 10.0. The number of hydrogen-bond donors (Lipinski definition) is 2. The molecule has 0 saturated heterocycles. The van der Waals surface area contributed by atoms with Gasteiger partial charge in [-0.2, -0.15) is 0 Å². The molecular weight excluding hydrogens is 218 g/mol. The summed E-state index contributed by atoms with van der Waals surface area (Å²) in [4.78, 5) is 0. The third kappa shape index (κ3) is 2.53. The van der Waals surface area contributed by atoms with E-state index in [1.54, 1.807) is 0 Å². The van der Waals surface area contributed by atoms with Gasteiger partial charge < -0.3 is 19.9 Å². The molecular formula is C13H17NO3. The third-order valence-electron chi connectivity index (χ3n) is 3.13. The molecule has 3 rings (SSSR count). The molecule has 1 aromatic rings. The molecule has 92 valence electrons. The van der Waals surface area contributed by atoms with Gasteiger partial charge in [0.2, 0.25) is 0 Å². The van der Waals surface area contributed by atoms with Crippen LogP contribution >= 0.6 is 0 Å². The maximum Gasteiger partial charge on any atom is 0.161 e. The summed E-state index contributed by atoms with van der Waals surface area (Å²) in [6.45, 7) is 1.77. The van der Waals surface area contributed by atoms with Gasteiger partial charge in [-0.25, -0.2) is 0 Å². The van der Waals surface area contributed by atoms with Crippen molar-refractivity contribution in [3.63, 3.8) is 0 Å². The average molecular weight is 235 g/mol. The van der Waals surface area contributed by atoms with E-state index >= 15 is 0 Å². The summed E-state index contributed by atoms with van der Waals surface area (Å²) in [5.41, 5.74) is 0.877. The number of aliphatic hydroxyl groups is 1. The Labute approximate surface area is 101 Å². The lowest BCUT2D eigenvalue weighted by atomic mass is 10.1. The van der Waals surface area contributed by atoms with Crippen LogP contribution in [0.25, 0.3) is 0 Å². The highest BCUT2D eigenvalue weighted by atomic mass is 16.6. The number of fused-ring (bicyclic) bond motifs is 1. The second-order valence-electron chi connectivity index (χ2n) is 4.60. The van der Waals surface area contributed by atoms with Crippen molar-refractivity contribution in [1.29, 1.82) is 0 Å². The Hall–Kier alpha value is -1.26. The number of hydrogen-bond acceptors (Lipinski definition) is 4. The lowest BCUT2D eigenvalue weighted by Crippen LogP contribution is -2.23. The summed E-state index contributed by atoms with van der Waals surface area (Å²) in [5.74, 6) is 1.50. The topological polar surface area (TPSA) is 50.7 Å². The van der Waals surface area contributed by atoms with Crippen LogP contribution in [-0.4, -0.2) is 30.9 Å². The van der Waals surface area contributed by atoms with Crippen molar-refractivity contribution in [1.82, 2.24) is 5.32 Å². The van der Waals surface area contributed by atoms with Crippen molar-refractivity contribution in [2.75, 3.05) is 19.8 Å². The third-order valence-corrected chi connectivity index (χ3v) is 3.13. The molecule has 0 amide bonds. The Balaban J connectivity index is 1.68. The lowest BCUT2D eigenvalue weighted by Gasteiger charge is -2.20. The smallest absolute Gasteiger partial charge is 0.161 e. The van der Waals surface area contributed by atoms with Crippen LogP contribution in [0.15, 0.2) is 18.2 Å². The molecule has 0 aromatic heterocycles. The molecule has 1 saturated carbocycles. The van der Waals surface area contributed by atoms with E-state index in [1.807, 2.05) is 18.2 Å². The fourth-order valence-corrected chi connectivity index (χ4v) is 1.95. The Kier molecular flexibility index (Phi) is 2.91. The minimum absolute atomic E-state index is 0.480. The van der Waals surface area contributed by atoms with E-state index in [0.29, 0.717) is 25.8 Å². The number of ether oxygens (including phenoxy) is 2. The average Bonchev–Trinajstić information content (AvgIpc) is 3.19. The van der Waals surface area contributed by atoms with E-state index < -0.39 is 6.10 Å². The number of aliphatic hydroxyl groups excluding tert-OH is 1. The van der Waals surface area contributed by atoms with Gasteiger partial charge in [0.1, 0.15) is 13.2 Å². The highest BCUT2D eigenvalue weighted by Crippen LogP contribution is 2.32. The number of benzene rings is 1. The minimum atomic E-state index is -0.480. The fraction of sp³-hybridized carbons (Fsp3) is 0.538. The van der Waals surface area contributed by atoms with Gasteiger partial charge in [0.05, 0.1) is 6.10 Å². The summed E-state index contributed by atoms with van der Waals surface area (Å²) in [6, 6.07) is 6.24. The molecule has 1 aliphatic carbocycles. The van der Waals surface area contributed by atoms with Gasteiger partial charge in [0.25, 0.3) is 0 Å². The molecule has 0 radical (unpaired) electrons. The second-order valence-corrected chi connectivity index (χ2v) is 4.60. The molecule has 2 N–H and O–H groups in total. The molecule has 0 bridgehead atoms. The summed E-state index contributed by atoms with van der Waals surface area (Å²) < 4.78 is 10.9. The number of rotatable bonds is 4. The summed E-state index contributed by atoms with van der Waals surface area (Å²) in [7, 11) is 0. The van der Waals surface area contributed by atoms with Crippen LogP contribution in [0.1, 0.15) is 24.5 Å². The predicted octanol–water partition coefficient (Wildman–Crippen LogP) is 1.24. The first-order chi connectivity index (χ1) is 8.33. The van der Waals surface area contributed by atoms with E-state index in [9.17, 15) is 5.11 Å². The van der Waals surface area contributed by atoms with E-state index in [1.165, 1.54) is 12.8 Å². The standard InChI is InChI=1S/C13H17NO3/c15-11(8-14-10-2-3-10)9-1-4-12-13(7-9)17-6-5-16-12/h1,4,7,10-11,14-15H,2-3,5-6,8H2. The van der Waals surface area contributed by atoms with Crippen LogP contribution in [-0.2, 0) is 0 Å². The molecule has 4 heteroatoms. The van der Waals surface area contributed by atoms with Gasteiger partial charge in [-0.3, -0.25) is 0 Å². The Morgan fingerprint density at radius 2 is 2.00 bits per heavy atom. The predicted molar refractivity (Wildman–Crippen MR) is 63.4 cm³/mol. The van der Waals surface area contributed by atoms with Gasteiger partial charge >= 0.3 is 0 Å². The quantitative estimate of drug-likeness (QED) is 0.824. The van der Waals surface area contributed by atoms with Gasteiger partial charge in [-0.15, -0.1) is 0 Å². The minimum Gasteiger partial charge on any atom is -0.486 e. The number of nitrogens with one attached hydrogen (secondary N) is 1. The second kappa shape index (κ2) is 4.55. The molecule has 1 unspecified atom stereocenters. The van der Waals surface area contributed by atoms with E-state index in [0.717, 1.165) is 17.1 Å². The zero-order valence-electron chi connectivity index (χ0n) is 9.69. The van der Waals surface area contributed by atoms with Crippen LogP contribution in [0, 0.1) is 0 Å². The van der Waals surface area contributed by atoms with Crippen LogP contribution in [0.4, 0.5) is 0 Å². The summed E-state index contributed by atoms with van der Waals surface area (Å²) in [5, 5.41) is 13.4. The Bertz CT molecular complexity index is 404. The molecule has 1 aromatic carbocycles. The van der Waals surface area contributed by atoms with Crippen molar-refractivity contribution in [2.45, 2.75) is 25.0 Å². The molecule has 2 aliphatic rings. The van der Waals surface area contributed by atoms with Crippen LogP contribution < -0.4 is 14.8 Å². The monoisotopic (exact) mass is 235 g/mol. The van der Waals surface area contributed by atoms with Gasteiger partial charge in [0.15, 0.2) is 11.5 Å². The zero-order chi connectivity index (χ0) is 11.7. The van der Waals surface area contributed by atoms with E-state index in [-0.39, 0.29) is 0 Å². The highest BCUT2D eigenvalue weighted by molar-refractivity contribution is 5.44. The Morgan fingerprint density at radius 1 is 1.24 bits per heavy atom. The molecule has 1 fully saturated rings. The maximum atomic E-state index is 10.0. The summed E-state index contributed by atoms with van der Waals surface area (Å²) >= 11 is 0. The first-order valence-electron chi connectivity index (χ1n) is 6.14. The summed E-state index contributed by atoms with van der Waals surface area (Å²) in [6.07, 6.45) is 1.98. The highest BCUT2D eigenvalue weighted by Gasteiger charge is 2.22. The van der Waals surface area contributed by atoms with Crippen LogP contribution in [0.3, 0.4) is 0 Å². The van der Waals surface area contributed by atoms with Crippen molar-refractivity contribution in [3.8, 4) is 11.5 Å². The Morgan fingerprint density at radius 3 is 2.76 bits per heavy atom. The van der Waals surface area contributed by atoms with Crippen molar-refractivity contribution in [3.05, 3.63) is 23.8 Å².